The first-order valence-electron chi connectivity index (χ1n) is 7.19. The third-order valence-electron chi connectivity index (χ3n) is 5.28. The van der Waals surface area contributed by atoms with E-state index in [0.717, 1.165) is 6.54 Å². The van der Waals surface area contributed by atoms with Gasteiger partial charge in [-0.25, -0.2) is 0 Å². The Hall–Kier alpha value is -1.06. The molecule has 1 unspecified atom stereocenters. The second-order valence-electron chi connectivity index (χ2n) is 7.41. The van der Waals surface area contributed by atoms with E-state index in [1.165, 1.54) is 0 Å². The lowest BCUT2D eigenvalue weighted by molar-refractivity contribution is -0.171. The molecule has 2 amide bonds. The third kappa shape index (κ3) is 2.05. The predicted octanol–water partition coefficient (Wildman–Crippen LogP) is 1.89. The van der Waals surface area contributed by atoms with E-state index < -0.39 is 0 Å². The Balaban J connectivity index is 2.06. The molecule has 2 saturated heterocycles. The molecule has 0 spiro atoms. The number of hydrogen-bond acceptors (Lipinski definition) is 2. The van der Waals surface area contributed by atoms with Gasteiger partial charge >= 0.3 is 0 Å². The van der Waals surface area contributed by atoms with Crippen molar-refractivity contribution in [2.45, 2.75) is 59.5 Å². The van der Waals surface area contributed by atoms with Gasteiger partial charge in [-0.2, -0.15) is 0 Å². The summed E-state index contributed by atoms with van der Waals surface area (Å²) in [5.74, 6) is 0.122. The number of nitrogens with zero attached hydrogens (tertiary/aromatic N) is 2. The summed E-state index contributed by atoms with van der Waals surface area (Å²) in [6.07, 6.45) is 0.379. The van der Waals surface area contributed by atoms with Crippen LogP contribution in [0.4, 0.5) is 0 Å². The zero-order chi connectivity index (χ0) is 14.6. The van der Waals surface area contributed by atoms with Crippen LogP contribution >= 0.6 is 0 Å². The highest BCUT2D eigenvalue weighted by molar-refractivity contribution is 5.90. The highest BCUT2D eigenvalue weighted by Gasteiger charge is 2.56. The summed E-state index contributed by atoms with van der Waals surface area (Å²) >= 11 is 0. The molecule has 0 aromatic rings. The zero-order valence-corrected chi connectivity index (χ0v) is 13.0. The molecule has 2 fully saturated rings. The van der Waals surface area contributed by atoms with Crippen molar-refractivity contribution in [2.75, 3.05) is 13.1 Å². The maximum Gasteiger partial charge on any atom is 0.228 e. The lowest BCUT2D eigenvalue weighted by Gasteiger charge is -2.61. The topological polar surface area (TPSA) is 40.6 Å². The van der Waals surface area contributed by atoms with Crippen LogP contribution < -0.4 is 0 Å². The fraction of sp³-hybridized carbons (Fsp3) is 0.867. The van der Waals surface area contributed by atoms with Crippen molar-refractivity contribution in [1.29, 1.82) is 0 Å². The maximum atomic E-state index is 12.6. The quantitative estimate of drug-likeness (QED) is 0.766. The highest BCUT2D eigenvalue weighted by Crippen LogP contribution is 2.47. The van der Waals surface area contributed by atoms with E-state index in [4.69, 9.17) is 0 Å². The molecule has 0 saturated carbocycles. The van der Waals surface area contributed by atoms with Gasteiger partial charge in [0, 0.05) is 36.5 Å². The molecule has 19 heavy (non-hydrogen) atoms. The molecule has 4 heteroatoms. The van der Waals surface area contributed by atoms with Gasteiger partial charge in [-0.3, -0.25) is 9.59 Å². The molecule has 0 aromatic carbocycles. The lowest BCUT2D eigenvalue weighted by atomic mass is 9.65. The van der Waals surface area contributed by atoms with Gasteiger partial charge in [0.25, 0.3) is 0 Å². The molecule has 4 nitrogen and oxygen atoms in total. The molecule has 0 N–H and O–H groups in total. The Kier molecular flexibility index (Phi) is 3.19. The van der Waals surface area contributed by atoms with Gasteiger partial charge in [-0.1, -0.05) is 13.8 Å². The van der Waals surface area contributed by atoms with Gasteiger partial charge in [0.1, 0.15) is 0 Å². The van der Waals surface area contributed by atoms with Crippen molar-refractivity contribution >= 4 is 11.8 Å². The van der Waals surface area contributed by atoms with Crippen molar-refractivity contribution < 1.29 is 9.59 Å². The minimum absolute atomic E-state index is 0.113. The minimum Gasteiger partial charge on any atom is -0.339 e. The Bertz CT molecular complexity index is 412. The van der Waals surface area contributed by atoms with Gasteiger partial charge in [-0.05, 0) is 27.7 Å². The standard InChI is InChI=1S/C15H26N2O2/c1-10(2)16-8-11(7-12(16)18)13(19)17-9-14(3,4)15(17,5)6/h10-11H,7-9H2,1-6H3. The highest BCUT2D eigenvalue weighted by atomic mass is 16.2. The van der Waals surface area contributed by atoms with Crippen molar-refractivity contribution in [1.82, 2.24) is 9.80 Å². The van der Waals surface area contributed by atoms with Crippen LogP contribution in [-0.2, 0) is 9.59 Å². The van der Waals surface area contributed by atoms with Crippen LogP contribution in [0.1, 0.15) is 48.0 Å². The molecule has 0 aliphatic carbocycles. The van der Waals surface area contributed by atoms with Crippen molar-refractivity contribution in [3.05, 3.63) is 0 Å². The van der Waals surface area contributed by atoms with Crippen LogP contribution in [0.3, 0.4) is 0 Å². The smallest absolute Gasteiger partial charge is 0.228 e. The van der Waals surface area contributed by atoms with E-state index in [2.05, 4.69) is 27.7 Å². The normalized spacial score (nSPS) is 28.8. The molecule has 108 valence electrons. The monoisotopic (exact) mass is 266 g/mol. The SMILES string of the molecule is CC(C)N1CC(C(=O)N2CC(C)(C)C2(C)C)CC1=O. The number of carbonyl (C=O) groups is 2. The summed E-state index contributed by atoms with van der Waals surface area (Å²) in [6, 6.07) is 0.186. The molecular formula is C15H26N2O2. The Morgan fingerprint density at radius 3 is 2.21 bits per heavy atom. The molecule has 2 rings (SSSR count). The van der Waals surface area contributed by atoms with Crippen LogP contribution in [0.15, 0.2) is 0 Å². The van der Waals surface area contributed by atoms with E-state index >= 15 is 0 Å². The van der Waals surface area contributed by atoms with Crippen molar-refractivity contribution in [3.63, 3.8) is 0 Å². The van der Waals surface area contributed by atoms with Gasteiger partial charge < -0.3 is 9.80 Å². The molecule has 0 radical (unpaired) electrons. The first-order valence-corrected chi connectivity index (χ1v) is 7.19. The van der Waals surface area contributed by atoms with Gasteiger partial charge in [0.15, 0.2) is 0 Å². The molecule has 2 heterocycles. The summed E-state index contributed by atoms with van der Waals surface area (Å²) in [4.78, 5) is 28.3. The van der Waals surface area contributed by atoms with Crippen LogP contribution in [0.2, 0.25) is 0 Å². The van der Waals surface area contributed by atoms with Crippen LogP contribution in [0.25, 0.3) is 0 Å². The molecule has 1 atom stereocenters. The molecular weight excluding hydrogens is 240 g/mol. The summed E-state index contributed by atoms with van der Waals surface area (Å²) in [5, 5.41) is 0. The van der Waals surface area contributed by atoms with Crippen LogP contribution in [0, 0.1) is 11.3 Å². The summed E-state index contributed by atoms with van der Waals surface area (Å²) < 4.78 is 0. The van der Waals surface area contributed by atoms with E-state index in [0.29, 0.717) is 13.0 Å². The molecule has 2 aliphatic heterocycles. The van der Waals surface area contributed by atoms with E-state index in [1.807, 2.05) is 23.6 Å². The maximum absolute atomic E-state index is 12.6. The number of amides is 2. The minimum atomic E-state index is -0.148. The summed E-state index contributed by atoms with van der Waals surface area (Å²) in [6.45, 7) is 14.0. The second kappa shape index (κ2) is 4.22. The lowest BCUT2D eigenvalue weighted by Crippen LogP contribution is -2.71. The Labute approximate surface area is 116 Å². The first kappa shape index (κ1) is 14.4. The first-order chi connectivity index (χ1) is 8.58. The summed E-state index contributed by atoms with van der Waals surface area (Å²) in [5.41, 5.74) is 0.0430. The van der Waals surface area contributed by atoms with Gasteiger partial charge in [-0.15, -0.1) is 0 Å². The average molecular weight is 266 g/mol. The summed E-state index contributed by atoms with van der Waals surface area (Å²) in [7, 11) is 0. The Morgan fingerprint density at radius 1 is 1.26 bits per heavy atom. The van der Waals surface area contributed by atoms with Crippen molar-refractivity contribution in [2.24, 2.45) is 11.3 Å². The van der Waals surface area contributed by atoms with Gasteiger partial charge in [0.05, 0.1) is 5.92 Å². The number of carbonyl (C=O) groups excluding carboxylic acids is 2. The van der Waals surface area contributed by atoms with Crippen LogP contribution in [-0.4, -0.2) is 46.3 Å². The Morgan fingerprint density at radius 2 is 1.84 bits per heavy atom. The third-order valence-corrected chi connectivity index (χ3v) is 5.28. The molecule has 2 aliphatic rings. The number of rotatable bonds is 2. The van der Waals surface area contributed by atoms with Gasteiger partial charge in [0.2, 0.25) is 11.8 Å². The molecule has 0 bridgehead atoms. The van der Waals surface area contributed by atoms with Crippen molar-refractivity contribution in [3.8, 4) is 0 Å². The average Bonchev–Trinajstić information content (AvgIpc) is 2.67. The van der Waals surface area contributed by atoms with E-state index in [-0.39, 0.29) is 34.7 Å². The second-order valence-corrected chi connectivity index (χ2v) is 7.41. The largest absolute Gasteiger partial charge is 0.339 e. The predicted molar refractivity (Wildman–Crippen MR) is 74.5 cm³/mol. The number of likely N-dealkylation sites (tertiary alicyclic amines) is 2. The zero-order valence-electron chi connectivity index (χ0n) is 13.0. The number of hydrogen-bond donors (Lipinski definition) is 0. The van der Waals surface area contributed by atoms with E-state index in [9.17, 15) is 9.59 Å². The molecule has 0 aromatic heterocycles. The van der Waals surface area contributed by atoms with E-state index in [1.54, 1.807) is 0 Å². The fourth-order valence-corrected chi connectivity index (χ4v) is 3.03. The fourth-order valence-electron chi connectivity index (χ4n) is 3.03. The van der Waals surface area contributed by atoms with Crippen LogP contribution in [0.5, 0.6) is 0 Å².